The van der Waals surface area contributed by atoms with Gasteiger partial charge in [-0.05, 0) is 36.3 Å². The van der Waals surface area contributed by atoms with Crippen molar-refractivity contribution in [1.29, 1.82) is 0 Å². The minimum Gasteiger partial charge on any atom is -0.465 e. The summed E-state index contributed by atoms with van der Waals surface area (Å²) in [5.41, 5.74) is 2.02. The quantitative estimate of drug-likeness (QED) is 0.845. The average Bonchev–Trinajstić information content (AvgIpc) is 3.04. The highest BCUT2D eigenvalue weighted by atomic mass is 16.5. The molecule has 3 rings (SSSR count). The number of hydrogen-bond donors (Lipinski definition) is 1. The predicted octanol–water partition coefficient (Wildman–Crippen LogP) is 3.86. The topological polar surface area (TPSA) is 81.4 Å². The van der Waals surface area contributed by atoms with E-state index in [1.54, 1.807) is 24.3 Å². The van der Waals surface area contributed by atoms with Crippen molar-refractivity contribution in [3.8, 4) is 0 Å². The Kier molecular flexibility index (Phi) is 4.85. The summed E-state index contributed by atoms with van der Waals surface area (Å²) < 4.78 is 10.2. The summed E-state index contributed by atoms with van der Waals surface area (Å²) in [6.07, 6.45) is 2.58. The van der Waals surface area contributed by atoms with Crippen molar-refractivity contribution in [2.45, 2.75) is 40.0 Å². The number of aromatic nitrogens is 1. The molecule has 6 nitrogen and oxygen atoms in total. The summed E-state index contributed by atoms with van der Waals surface area (Å²) in [5, 5.41) is 6.77. The molecule has 26 heavy (non-hydrogen) atoms. The first-order valence-electron chi connectivity index (χ1n) is 8.77. The number of methoxy groups -OCH3 is 1. The van der Waals surface area contributed by atoms with E-state index in [2.05, 4.69) is 31.2 Å². The summed E-state index contributed by atoms with van der Waals surface area (Å²) in [6.45, 7) is 6.63. The third kappa shape index (κ3) is 3.49. The van der Waals surface area contributed by atoms with E-state index < -0.39 is 5.97 Å². The highest BCUT2D eigenvalue weighted by molar-refractivity contribution is 6.07. The molecular weight excluding hydrogens is 332 g/mol. The molecule has 1 aromatic heterocycles. The Morgan fingerprint density at radius 2 is 2.00 bits per heavy atom. The van der Waals surface area contributed by atoms with Crippen molar-refractivity contribution in [1.82, 2.24) is 5.16 Å². The lowest BCUT2D eigenvalue weighted by atomic mass is 9.71. The van der Waals surface area contributed by atoms with Crippen LogP contribution in [0.5, 0.6) is 0 Å². The summed E-state index contributed by atoms with van der Waals surface area (Å²) >= 11 is 0. The molecule has 0 unspecified atom stereocenters. The van der Waals surface area contributed by atoms with E-state index >= 15 is 0 Å². The van der Waals surface area contributed by atoms with Crippen LogP contribution in [0.4, 0.5) is 5.69 Å². The minimum absolute atomic E-state index is 0.153. The van der Waals surface area contributed by atoms with Gasteiger partial charge in [0, 0.05) is 12.0 Å². The zero-order valence-electron chi connectivity index (χ0n) is 15.6. The Morgan fingerprint density at radius 1 is 1.27 bits per heavy atom. The number of carbonyl (C=O) groups is 2. The molecule has 1 N–H and O–H groups in total. The van der Waals surface area contributed by atoms with Gasteiger partial charge in [0.2, 0.25) is 0 Å². The molecule has 2 aromatic rings. The van der Waals surface area contributed by atoms with E-state index in [0.29, 0.717) is 22.9 Å². The van der Waals surface area contributed by atoms with E-state index in [-0.39, 0.29) is 11.3 Å². The van der Waals surface area contributed by atoms with Gasteiger partial charge in [0.1, 0.15) is 5.76 Å². The van der Waals surface area contributed by atoms with Crippen LogP contribution < -0.4 is 5.32 Å². The molecule has 0 saturated heterocycles. The number of para-hydroxylation sites is 1. The van der Waals surface area contributed by atoms with Crippen LogP contribution in [0.2, 0.25) is 0 Å². The van der Waals surface area contributed by atoms with Gasteiger partial charge in [-0.3, -0.25) is 4.79 Å². The molecule has 0 aliphatic heterocycles. The second kappa shape index (κ2) is 6.94. The van der Waals surface area contributed by atoms with Gasteiger partial charge in [-0.15, -0.1) is 0 Å². The van der Waals surface area contributed by atoms with Crippen molar-refractivity contribution in [3.63, 3.8) is 0 Å². The first-order chi connectivity index (χ1) is 12.3. The Balaban J connectivity index is 1.85. The van der Waals surface area contributed by atoms with Gasteiger partial charge in [-0.25, -0.2) is 4.79 Å². The Hall–Kier alpha value is -2.63. The van der Waals surface area contributed by atoms with Crippen molar-refractivity contribution < 1.29 is 18.8 Å². The Bertz CT molecular complexity index is 833. The van der Waals surface area contributed by atoms with Crippen LogP contribution in [-0.4, -0.2) is 24.1 Å². The van der Waals surface area contributed by atoms with E-state index in [1.807, 2.05) is 0 Å². The molecule has 0 spiro atoms. The second-order valence-electron chi connectivity index (χ2n) is 7.73. The molecule has 1 amide bonds. The van der Waals surface area contributed by atoms with Gasteiger partial charge in [-0.2, -0.15) is 0 Å². The predicted molar refractivity (Wildman–Crippen MR) is 97.2 cm³/mol. The number of anilines is 1. The van der Waals surface area contributed by atoms with Gasteiger partial charge in [-0.1, -0.05) is 38.1 Å². The molecule has 0 saturated carbocycles. The maximum absolute atomic E-state index is 12.8. The molecule has 1 aliphatic carbocycles. The number of nitrogens with one attached hydrogen (secondary N) is 1. The van der Waals surface area contributed by atoms with Crippen molar-refractivity contribution in [2.75, 3.05) is 12.4 Å². The van der Waals surface area contributed by atoms with Gasteiger partial charge in [0.15, 0.2) is 5.69 Å². The smallest absolute Gasteiger partial charge is 0.339 e. The largest absolute Gasteiger partial charge is 0.465 e. The van der Waals surface area contributed by atoms with Crippen LogP contribution in [0.1, 0.15) is 59.4 Å². The Labute approximate surface area is 152 Å². The van der Waals surface area contributed by atoms with E-state index in [9.17, 15) is 9.59 Å². The maximum atomic E-state index is 12.8. The van der Waals surface area contributed by atoms with Crippen molar-refractivity contribution in [3.05, 3.63) is 46.8 Å². The monoisotopic (exact) mass is 356 g/mol. The van der Waals surface area contributed by atoms with Gasteiger partial charge >= 0.3 is 5.97 Å². The van der Waals surface area contributed by atoms with Crippen LogP contribution in [0.25, 0.3) is 0 Å². The third-order valence-electron chi connectivity index (χ3n) is 5.06. The van der Waals surface area contributed by atoms with Crippen LogP contribution in [0.15, 0.2) is 28.8 Å². The van der Waals surface area contributed by atoms with Crippen LogP contribution in [-0.2, 0) is 17.6 Å². The number of fused-ring (bicyclic) bond motifs is 1. The molecule has 1 heterocycles. The van der Waals surface area contributed by atoms with Crippen LogP contribution in [0.3, 0.4) is 0 Å². The fourth-order valence-corrected chi connectivity index (χ4v) is 3.38. The number of carbonyl (C=O) groups excluding carboxylic acids is 2. The Morgan fingerprint density at radius 3 is 2.69 bits per heavy atom. The number of nitrogens with zero attached hydrogens (tertiary/aromatic N) is 1. The van der Waals surface area contributed by atoms with Gasteiger partial charge < -0.3 is 14.6 Å². The lowest BCUT2D eigenvalue weighted by molar-refractivity contribution is 0.0602. The standard InChI is InChI=1S/C20H24N2O4/c1-20(2,3)12-9-10-16-14(11-12)17(22-26-16)18(23)21-15-8-6-5-7-13(15)19(24)25-4/h5-8,12H,9-11H2,1-4H3,(H,21,23)/t12-/m1/s1. The van der Waals surface area contributed by atoms with Crippen molar-refractivity contribution in [2.24, 2.45) is 11.3 Å². The number of benzene rings is 1. The second-order valence-corrected chi connectivity index (χ2v) is 7.73. The molecular formula is C20H24N2O4. The summed E-state index contributed by atoms with van der Waals surface area (Å²) in [7, 11) is 1.31. The van der Waals surface area contributed by atoms with E-state index in [1.165, 1.54) is 7.11 Å². The normalized spacial score (nSPS) is 16.7. The zero-order chi connectivity index (χ0) is 18.9. The maximum Gasteiger partial charge on any atom is 0.339 e. The van der Waals surface area contributed by atoms with Crippen LogP contribution >= 0.6 is 0 Å². The summed E-state index contributed by atoms with van der Waals surface area (Å²) in [6, 6.07) is 6.73. The fraction of sp³-hybridized carbons (Fsp3) is 0.450. The number of rotatable bonds is 3. The minimum atomic E-state index is -0.504. The highest BCUT2D eigenvalue weighted by Crippen LogP contribution is 2.38. The molecule has 1 aromatic carbocycles. The first kappa shape index (κ1) is 18.2. The molecule has 138 valence electrons. The van der Waals surface area contributed by atoms with E-state index in [0.717, 1.165) is 30.6 Å². The molecule has 0 bridgehead atoms. The third-order valence-corrected chi connectivity index (χ3v) is 5.06. The number of amides is 1. The molecule has 1 aliphatic rings. The SMILES string of the molecule is COC(=O)c1ccccc1NC(=O)c1noc2c1C[C@H](C(C)(C)C)CC2. The zero-order valence-corrected chi connectivity index (χ0v) is 15.6. The number of hydrogen-bond acceptors (Lipinski definition) is 5. The molecule has 0 radical (unpaired) electrons. The number of aryl methyl sites for hydroxylation is 1. The highest BCUT2D eigenvalue weighted by Gasteiger charge is 2.34. The molecule has 6 heteroatoms. The fourth-order valence-electron chi connectivity index (χ4n) is 3.38. The number of esters is 1. The molecule has 0 fully saturated rings. The summed E-state index contributed by atoms with van der Waals surface area (Å²) in [5.74, 6) is 0.372. The van der Waals surface area contributed by atoms with Crippen molar-refractivity contribution >= 4 is 17.6 Å². The van der Waals surface area contributed by atoms with E-state index in [4.69, 9.17) is 9.26 Å². The lowest BCUT2D eigenvalue weighted by Crippen LogP contribution is -2.27. The van der Waals surface area contributed by atoms with Gasteiger partial charge in [0.25, 0.3) is 5.91 Å². The summed E-state index contributed by atoms with van der Waals surface area (Å²) in [4.78, 5) is 24.7. The average molecular weight is 356 g/mol. The lowest BCUT2D eigenvalue weighted by Gasteiger charge is -2.33. The molecule has 1 atom stereocenters. The van der Waals surface area contributed by atoms with Gasteiger partial charge in [0.05, 0.1) is 18.4 Å². The van der Waals surface area contributed by atoms with Crippen LogP contribution in [0, 0.1) is 11.3 Å². The first-order valence-corrected chi connectivity index (χ1v) is 8.77. The number of ether oxygens (including phenoxy) is 1.